The molecule has 0 aliphatic heterocycles. The maximum atomic E-state index is 5.57. The van der Waals surface area contributed by atoms with Crippen molar-refractivity contribution in [3.63, 3.8) is 0 Å². The van der Waals surface area contributed by atoms with Crippen molar-refractivity contribution >= 4 is 22.6 Å². The van der Waals surface area contributed by atoms with Crippen molar-refractivity contribution in [3.8, 4) is 11.1 Å². The smallest absolute Gasteiger partial charge is 0.0662 e. The number of aromatic nitrogens is 2. The van der Waals surface area contributed by atoms with E-state index in [0.717, 1.165) is 18.7 Å². The highest BCUT2D eigenvalue weighted by Gasteiger charge is 2.02. The van der Waals surface area contributed by atoms with E-state index in [4.69, 9.17) is 4.74 Å². The molecular weight excluding hydrogens is 351 g/mol. The van der Waals surface area contributed by atoms with Crippen LogP contribution in [0.15, 0.2) is 36.7 Å². The molecule has 2 rings (SSSR count). The first-order valence-corrected chi connectivity index (χ1v) is 7.59. The van der Waals surface area contributed by atoms with Gasteiger partial charge in [0.15, 0.2) is 0 Å². The van der Waals surface area contributed by atoms with Crippen LogP contribution in [-0.2, 0) is 11.3 Å². The number of hydrogen-bond donors (Lipinski definition) is 0. The highest BCUT2D eigenvalue weighted by molar-refractivity contribution is 14.1. The summed E-state index contributed by atoms with van der Waals surface area (Å²) in [5.74, 6) is 0.583. The quantitative estimate of drug-likeness (QED) is 0.571. The third-order valence-corrected chi connectivity index (χ3v) is 3.38. The molecule has 3 nitrogen and oxygen atoms in total. The number of benzene rings is 1. The SMILES string of the molecule is CC(C)COCCn1cc(-c2cccc(I)c2)cn1. The zero-order valence-corrected chi connectivity index (χ0v) is 13.5. The second-order valence-corrected chi connectivity index (χ2v) is 6.22. The third-order valence-electron chi connectivity index (χ3n) is 2.71. The Hall–Kier alpha value is -0.880. The van der Waals surface area contributed by atoms with Crippen LogP contribution in [0.5, 0.6) is 0 Å². The van der Waals surface area contributed by atoms with Crippen molar-refractivity contribution < 1.29 is 4.74 Å². The van der Waals surface area contributed by atoms with E-state index in [-0.39, 0.29) is 0 Å². The molecule has 1 heterocycles. The molecule has 0 saturated heterocycles. The lowest BCUT2D eigenvalue weighted by atomic mass is 10.1. The summed E-state index contributed by atoms with van der Waals surface area (Å²) >= 11 is 2.33. The van der Waals surface area contributed by atoms with Crippen LogP contribution in [0.4, 0.5) is 0 Å². The van der Waals surface area contributed by atoms with Gasteiger partial charge < -0.3 is 4.74 Å². The second-order valence-electron chi connectivity index (χ2n) is 4.97. The van der Waals surface area contributed by atoms with Gasteiger partial charge in [0.1, 0.15) is 0 Å². The minimum atomic E-state index is 0.583. The van der Waals surface area contributed by atoms with E-state index in [1.165, 1.54) is 9.13 Å². The molecule has 0 radical (unpaired) electrons. The van der Waals surface area contributed by atoms with Gasteiger partial charge in [-0.3, -0.25) is 4.68 Å². The van der Waals surface area contributed by atoms with Crippen molar-refractivity contribution in [3.05, 3.63) is 40.2 Å². The standard InChI is InChI=1S/C15H19IN2O/c1-12(2)11-19-7-6-18-10-14(9-17-18)13-4-3-5-15(16)8-13/h3-5,8-10,12H,6-7,11H2,1-2H3. The maximum Gasteiger partial charge on any atom is 0.0662 e. The second kappa shape index (κ2) is 7.05. The molecule has 0 spiro atoms. The molecule has 0 atom stereocenters. The predicted octanol–water partition coefficient (Wildman–Crippen LogP) is 3.83. The molecule has 0 aliphatic carbocycles. The van der Waals surface area contributed by atoms with Crippen LogP contribution in [0.3, 0.4) is 0 Å². The lowest BCUT2D eigenvalue weighted by Gasteiger charge is -2.06. The van der Waals surface area contributed by atoms with E-state index in [1.807, 2.05) is 10.9 Å². The van der Waals surface area contributed by atoms with Gasteiger partial charge in [-0.05, 0) is 46.2 Å². The van der Waals surface area contributed by atoms with Gasteiger partial charge in [-0.1, -0.05) is 26.0 Å². The third kappa shape index (κ3) is 4.62. The first-order chi connectivity index (χ1) is 9.15. The Balaban J connectivity index is 1.92. The molecule has 0 amide bonds. The molecule has 0 aliphatic rings. The summed E-state index contributed by atoms with van der Waals surface area (Å²) < 4.78 is 8.75. The normalized spacial score (nSPS) is 11.2. The van der Waals surface area contributed by atoms with Gasteiger partial charge in [0.25, 0.3) is 0 Å². The topological polar surface area (TPSA) is 27.1 Å². The van der Waals surface area contributed by atoms with Gasteiger partial charge in [-0.2, -0.15) is 5.10 Å². The summed E-state index contributed by atoms with van der Waals surface area (Å²) in [4.78, 5) is 0. The molecule has 102 valence electrons. The average Bonchev–Trinajstić information content (AvgIpc) is 2.83. The molecule has 0 fully saturated rings. The van der Waals surface area contributed by atoms with Crippen molar-refractivity contribution in [1.29, 1.82) is 0 Å². The average molecular weight is 370 g/mol. The molecule has 2 aromatic rings. The molecule has 0 N–H and O–H groups in total. The number of rotatable bonds is 6. The number of ether oxygens (including phenoxy) is 1. The molecule has 19 heavy (non-hydrogen) atoms. The van der Waals surface area contributed by atoms with Crippen molar-refractivity contribution in [2.75, 3.05) is 13.2 Å². The molecule has 0 unspecified atom stereocenters. The molecule has 0 saturated carbocycles. The van der Waals surface area contributed by atoms with Gasteiger partial charge in [-0.15, -0.1) is 0 Å². The summed E-state index contributed by atoms with van der Waals surface area (Å²) in [5, 5.41) is 4.37. The van der Waals surface area contributed by atoms with Crippen molar-refractivity contribution in [2.45, 2.75) is 20.4 Å². The predicted molar refractivity (Wildman–Crippen MR) is 86.0 cm³/mol. The molecule has 1 aromatic heterocycles. The van der Waals surface area contributed by atoms with Crippen LogP contribution in [-0.4, -0.2) is 23.0 Å². The zero-order valence-electron chi connectivity index (χ0n) is 11.3. The number of halogens is 1. The largest absolute Gasteiger partial charge is 0.379 e. The van der Waals surface area contributed by atoms with Crippen molar-refractivity contribution in [2.24, 2.45) is 5.92 Å². The number of hydrogen-bond acceptors (Lipinski definition) is 2. The Kier molecular flexibility index (Phi) is 5.39. The molecule has 4 heteroatoms. The molecular formula is C15H19IN2O. The lowest BCUT2D eigenvalue weighted by molar-refractivity contribution is 0.101. The monoisotopic (exact) mass is 370 g/mol. The van der Waals surface area contributed by atoms with Crippen LogP contribution < -0.4 is 0 Å². The molecule has 0 bridgehead atoms. The Labute approximate surface area is 128 Å². The summed E-state index contributed by atoms with van der Waals surface area (Å²) in [6.07, 6.45) is 3.98. The van der Waals surface area contributed by atoms with Gasteiger partial charge in [0.2, 0.25) is 0 Å². The Bertz CT molecular complexity index is 522. The minimum Gasteiger partial charge on any atom is -0.379 e. The summed E-state index contributed by atoms with van der Waals surface area (Å²) in [6.45, 7) is 6.64. The lowest BCUT2D eigenvalue weighted by Crippen LogP contribution is -2.09. The van der Waals surface area contributed by atoms with E-state index < -0.39 is 0 Å². The first-order valence-electron chi connectivity index (χ1n) is 6.51. The summed E-state index contributed by atoms with van der Waals surface area (Å²) in [7, 11) is 0. The van der Waals surface area contributed by atoms with Crippen LogP contribution in [0.2, 0.25) is 0 Å². The maximum absolute atomic E-state index is 5.57. The highest BCUT2D eigenvalue weighted by Crippen LogP contribution is 2.20. The number of nitrogens with zero attached hydrogens (tertiary/aromatic N) is 2. The van der Waals surface area contributed by atoms with Gasteiger partial charge in [0.05, 0.1) is 19.3 Å². The van der Waals surface area contributed by atoms with E-state index in [1.54, 1.807) is 0 Å². The van der Waals surface area contributed by atoms with E-state index in [2.05, 4.69) is 72.0 Å². The van der Waals surface area contributed by atoms with E-state index >= 15 is 0 Å². The Morgan fingerprint density at radius 3 is 2.89 bits per heavy atom. The summed E-state index contributed by atoms with van der Waals surface area (Å²) in [5.41, 5.74) is 2.36. The highest BCUT2D eigenvalue weighted by atomic mass is 127. The van der Waals surface area contributed by atoms with E-state index in [0.29, 0.717) is 12.5 Å². The van der Waals surface area contributed by atoms with Crippen LogP contribution >= 0.6 is 22.6 Å². The Morgan fingerprint density at radius 2 is 2.16 bits per heavy atom. The fraction of sp³-hybridized carbons (Fsp3) is 0.400. The fourth-order valence-electron chi connectivity index (χ4n) is 1.78. The Morgan fingerprint density at radius 1 is 1.32 bits per heavy atom. The zero-order chi connectivity index (χ0) is 13.7. The molecule has 1 aromatic carbocycles. The van der Waals surface area contributed by atoms with Gasteiger partial charge >= 0.3 is 0 Å². The van der Waals surface area contributed by atoms with E-state index in [9.17, 15) is 0 Å². The van der Waals surface area contributed by atoms with Crippen LogP contribution in [0.25, 0.3) is 11.1 Å². The first kappa shape index (κ1) is 14.5. The van der Waals surface area contributed by atoms with Gasteiger partial charge in [-0.25, -0.2) is 0 Å². The van der Waals surface area contributed by atoms with Crippen LogP contribution in [0.1, 0.15) is 13.8 Å². The van der Waals surface area contributed by atoms with Crippen molar-refractivity contribution in [1.82, 2.24) is 9.78 Å². The summed E-state index contributed by atoms with van der Waals surface area (Å²) in [6, 6.07) is 8.43. The van der Waals surface area contributed by atoms with Gasteiger partial charge in [0, 0.05) is 21.9 Å². The fourth-order valence-corrected chi connectivity index (χ4v) is 2.32. The minimum absolute atomic E-state index is 0.583. The van der Waals surface area contributed by atoms with Crippen LogP contribution in [0, 0.1) is 9.49 Å².